The number of aromatic nitrogens is 1. The van der Waals surface area contributed by atoms with E-state index in [2.05, 4.69) is 26.3 Å². The van der Waals surface area contributed by atoms with E-state index in [1.807, 2.05) is 110 Å². The zero-order valence-corrected chi connectivity index (χ0v) is 19.9. The number of nitrogens with zero attached hydrogens (tertiary/aromatic N) is 1. The van der Waals surface area contributed by atoms with Crippen LogP contribution in [-0.4, -0.2) is 31.0 Å². The van der Waals surface area contributed by atoms with Crippen LogP contribution < -0.4 is 26.2 Å². The van der Waals surface area contributed by atoms with E-state index in [1.54, 1.807) is 0 Å². The first kappa shape index (κ1) is 22.8. The Bertz CT molecular complexity index is 1440. The topological polar surface area (TPSA) is 101 Å². The molecule has 4 aromatic rings. The van der Waals surface area contributed by atoms with Crippen molar-refractivity contribution >= 4 is 57.7 Å². The van der Waals surface area contributed by atoms with Gasteiger partial charge in [0, 0.05) is 60.0 Å². The van der Waals surface area contributed by atoms with Crippen molar-refractivity contribution in [1.29, 1.82) is 0 Å². The van der Waals surface area contributed by atoms with Crippen LogP contribution in [-0.2, 0) is 4.79 Å². The molecule has 8 heteroatoms. The molecular formula is C28H26N6O2. The summed E-state index contributed by atoms with van der Waals surface area (Å²) >= 11 is 0. The zero-order valence-electron chi connectivity index (χ0n) is 19.9. The number of amides is 3. The summed E-state index contributed by atoms with van der Waals surface area (Å²) in [5.74, 6) is -0.134. The summed E-state index contributed by atoms with van der Waals surface area (Å²) in [6.07, 6.45) is 3.66. The molecule has 36 heavy (non-hydrogen) atoms. The predicted octanol–water partition coefficient (Wildman–Crippen LogP) is 5.96. The highest BCUT2D eigenvalue weighted by Gasteiger charge is 2.24. The van der Waals surface area contributed by atoms with Crippen molar-refractivity contribution in [3.05, 3.63) is 96.3 Å². The smallest absolute Gasteiger partial charge is 0.323 e. The minimum atomic E-state index is -0.327. The molecule has 0 fully saturated rings. The summed E-state index contributed by atoms with van der Waals surface area (Å²) in [5.41, 5.74) is 7.11. The molecular weight excluding hydrogens is 452 g/mol. The van der Waals surface area contributed by atoms with Gasteiger partial charge in [0.15, 0.2) is 0 Å². The molecule has 1 aliphatic heterocycles. The fraction of sp³-hybridized carbons (Fsp3) is 0.0714. The molecule has 0 unspecified atom stereocenters. The molecule has 0 atom stereocenters. The maximum Gasteiger partial charge on any atom is 0.323 e. The molecule has 1 aliphatic rings. The van der Waals surface area contributed by atoms with E-state index < -0.39 is 0 Å². The van der Waals surface area contributed by atoms with Gasteiger partial charge in [-0.05, 0) is 72.8 Å². The molecule has 5 N–H and O–H groups in total. The third-order valence-electron chi connectivity index (χ3n) is 5.78. The van der Waals surface area contributed by atoms with Gasteiger partial charge in [-0.25, -0.2) is 4.79 Å². The Balaban J connectivity index is 1.25. The molecule has 0 saturated heterocycles. The van der Waals surface area contributed by atoms with Crippen molar-refractivity contribution < 1.29 is 9.59 Å². The number of fused-ring (bicyclic) bond motifs is 1. The van der Waals surface area contributed by atoms with Crippen LogP contribution in [0.4, 0.5) is 38.9 Å². The van der Waals surface area contributed by atoms with Gasteiger partial charge in [-0.1, -0.05) is 12.1 Å². The maximum absolute atomic E-state index is 12.5. The van der Waals surface area contributed by atoms with Crippen LogP contribution in [0.1, 0.15) is 11.3 Å². The van der Waals surface area contributed by atoms with E-state index in [4.69, 9.17) is 0 Å². The van der Waals surface area contributed by atoms with Crippen molar-refractivity contribution in [2.24, 2.45) is 0 Å². The summed E-state index contributed by atoms with van der Waals surface area (Å²) in [4.78, 5) is 30.1. The van der Waals surface area contributed by atoms with Gasteiger partial charge in [0.2, 0.25) is 0 Å². The molecule has 8 nitrogen and oxygen atoms in total. The predicted molar refractivity (Wildman–Crippen MR) is 147 cm³/mol. The van der Waals surface area contributed by atoms with Crippen molar-refractivity contribution in [3.8, 4) is 0 Å². The van der Waals surface area contributed by atoms with Crippen LogP contribution in [0.25, 0.3) is 11.6 Å². The summed E-state index contributed by atoms with van der Waals surface area (Å²) < 4.78 is 0. The summed E-state index contributed by atoms with van der Waals surface area (Å²) in [7, 11) is 3.93. The van der Waals surface area contributed by atoms with Gasteiger partial charge < -0.3 is 31.2 Å². The Kier molecular flexibility index (Phi) is 6.15. The monoisotopic (exact) mass is 478 g/mol. The first-order valence-corrected chi connectivity index (χ1v) is 11.5. The number of aromatic amines is 1. The quantitative estimate of drug-likeness (QED) is 0.221. The number of urea groups is 1. The van der Waals surface area contributed by atoms with E-state index >= 15 is 0 Å². The number of anilines is 6. The first-order chi connectivity index (χ1) is 17.4. The summed E-state index contributed by atoms with van der Waals surface area (Å²) in [6.45, 7) is 0. The Labute approximate surface area is 209 Å². The summed E-state index contributed by atoms with van der Waals surface area (Å²) in [6, 6.07) is 24.2. The van der Waals surface area contributed by atoms with Gasteiger partial charge in [0.1, 0.15) is 0 Å². The number of benzene rings is 3. The van der Waals surface area contributed by atoms with E-state index in [1.165, 1.54) is 0 Å². The number of hydrogen-bond donors (Lipinski definition) is 5. The van der Waals surface area contributed by atoms with Crippen LogP contribution >= 0.6 is 0 Å². The van der Waals surface area contributed by atoms with Gasteiger partial charge in [0.05, 0.1) is 11.3 Å². The molecule has 3 amide bonds. The van der Waals surface area contributed by atoms with Crippen LogP contribution in [0.2, 0.25) is 0 Å². The van der Waals surface area contributed by atoms with E-state index in [9.17, 15) is 9.59 Å². The lowest BCUT2D eigenvalue weighted by molar-refractivity contribution is -0.110. The third-order valence-corrected chi connectivity index (χ3v) is 5.78. The lowest BCUT2D eigenvalue weighted by Gasteiger charge is -2.14. The molecule has 180 valence electrons. The SMILES string of the molecule is CN(C)c1ccc(NC(=O)Nc2cccc(Nc3ccc4c(c3)NC(=O)/C4=C\c3ccc[nH]3)c2)cc1. The Morgan fingerprint density at radius 2 is 1.56 bits per heavy atom. The average Bonchev–Trinajstić information content (AvgIpc) is 3.47. The standard InChI is InChI=1S/C28H26N6O2/c1-34(2)23-11-8-18(9-12-23)31-28(36)32-21-6-3-5-20(15-21)30-22-10-13-24-25(16-19-7-4-14-29-19)27(35)33-26(24)17-22/h3-17,29-30H,1-2H3,(H,33,35)(H2,31,32,36)/b25-16-. The number of rotatable bonds is 6. The van der Waals surface area contributed by atoms with E-state index in [0.29, 0.717) is 16.9 Å². The normalized spacial score (nSPS) is 13.2. The van der Waals surface area contributed by atoms with Gasteiger partial charge in [-0.15, -0.1) is 0 Å². The fourth-order valence-electron chi connectivity index (χ4n) is 3.98. The minimum absolute atomic E-state index is 0.134. The molecule has 0 radical (unpaired) electrons. The molecule has 2 heterocycles. The van der Waals surface area contributed by atoms with Crippen molar-refractivity contribution in [2.75, 3.05) is 40.3 Å². The highest BCUT2D eigenvalue weighted by atomic mass is 16.2. The van der Waals surface area contributed by atoms with Crippen molar-refractivity contribution in [3.63, 3.8) is 0 Å². The Hall–Kier alpha value is -4.98. The highest BCUT2D eigenvalue weighted by molar-refractivity contribution is 6.35. The largest absolute Gasteiger partial charge is 0.378 e. The average molecular weight is 479 g/mol. The van der Waals surface area contributed by atoms with Gasteiger partial charge in [0.25, 0.3) is 5.91 Å². The number of hydrogen-bond acceptors (Lipinski definition) is 4. The molecule has 1 aromatic heterocycles. The lowest BCUT2D eigenvalue weighted by Crippen LogP contribution is -2.19. The second kappa shape index (κ2) is 9.71. The number of nitrogens with one attached hydrogen (secondary N) is 5. The van der Waals surface area contributed by atoms with Gasteiger partial charge in [-0.3, -0.25) is 4.79 Å². The molecule has 0 spiro atoms. The van der Waals surface area contributed by atoms with Crippen molar-refractivity contribution in [2.45, 2.75) is 0 Å². The van der Waals surface area contributed by atoms with E-state index in [-0.39, 0.29) is 11.9 Å². The van der Waals surface area contributed by atoms with Crippen LogP contribution in [0.15, 0.2) is 85.1 Å². The molecule has 0 aliphatic carbocycles. The fourth-order valence-corrected chi connectivity index (χ4v) is 3.98. The first-order valence-electron chi connectivity index (χ1n) is 11.5. The molecule has 0 saturated carbocycles. The number of H-pyrrole nitrogens is 1. The second-order valence-corrected chi connectivity index (χ2v) is 8.62. The third kappa shape index (κ3) is 5.07. The minimum Gasteiger partial charge on any atom is -0.378 e. The van der Waals surface area contributed by atoms with E-state index in [0.717, 1.165) is 34.0 Å². The number of carbonyl (C=O) groups excluding carboxylic acids is 2. The maximum atomic E-state index is 12.5. The lowest BCUT2D eigenvalue weighted by atomic mass is 10.1. The molecule has 3 aromatic carbocycles. The van der Waals surface area contributed by atoms with Crippen molar-refractivity contribution in [1.82, 2.24) is 4.98 Å². The summed E-state index contributed by atoms with van der Waals surface area (Å²) in [5, 5.41) is 12.0. The molecule has 5 rings (SSSR count). The van der Waals surface area contributed by atoms with Crippen LogP contribution in [0, 0.1) is 0 Å². The Morgan fingerprint density at radius 1 is 0.833 bits per heavy atom. The second-order valence-electron chi connectivity index (χ2n) is 8.62. The molecule has 0 bridgehead atoms. The number of carbonyl (C=O) groups is 2. The van der Waals surface area contributed by atoms with Crippen LogP contribution in [0.3, 0.4) is 0 Å². The van der Waals surface area contributed by atoms with Gasteiger partial charge >= 0.3 is 6.03 Å². The highest BCUT2D eigenvalue weighted by Crippen LogP contribution is 2.35. The zero-order chi connectivity index (χ0) is 25.1. The Morgan fingerprint density at radius 3 is 2.31 bits per heavy atom. The van der Waals surface area contributed by atoms with Gasteiger partial charge in [-0.2, -0.15) is 0 Å². The van der Waals surface area contributed by atoms with Crippen LogP contribution in [0.5, 0.6) is 0 Å².